The van der Waals surface area contributed by atoms with Crippen molar-refractivity contribution >= 4 is 56.5 Å². The van der Waals surface area contributed by atoms with Gasteiger partial charge in [0.15, 0.2) is 11.8 Å². The molecule has 0 aliphatic carbocycles. The van der Waals surface area contributed by atoms with Gasteiger partial charge in [-0.1, -0.05) is 28.1 Å². The highest BCUT2D eigenvalue weighted by atomic mass is 79.9. The third-order valence-electron chi connectivity index (χ3n) is 4.14. The number of carbonyl (C=O) groups is 2. The number of amidine groups is 1. The third-order valence-corrected chi connectivity index (χ3v) is 6.30. The fraction of sp³-hybridized carbons (Fsp3) is 0.227. The molecule has 0 radical (unpaired) electrons. The molecule has 6 nitrogen and oxygen atoms in total. The minimum absolute atomic E-state index is 0.138. The number of thioether (sulfide) groups is 1. The summed E-state index contributed by atoms with van der Waals surface area (Å²) in [5, 5.41) is 3.34. The molecule has 3 rings (SSSR count). The molecule has 1 aliphatic rings. The molecule has 0 unspecified atom stereocenters. The Bertz CT molecular complexity index is 1010. The summed E-state index contributed by atoms with van der Waals surface area (Å²) in [6.45, 7) is 5.94. The number of esters is 1. The van der Waals surface area contributed by atoms with Gasteiger partial charge in [-0.2, -0.15) is 0 Å². The molecule has 1 aliphatic heterocycles. The second-order valence-electron chi connectivity index (χ2n) is 6.54. The highest BCUT2D eigenvalue weighted by Crippen LogP contribution is 2.31. The van der Waals surface area contributed by atoms with Crippen molar-refractivity contribution in [3.63, 3.8) is 0 Å². The lowest BCUT2D eigenvalue weighted by molar-refractivity contribution is -0.145. The maximum absolute atomic E-state index is 12.3. The summed E-state index contributed by atoms with van der Waals surface area (Å²) in [7, 11) is 0. The summed E-state index contributed by atoms with van der Waals surface area (Å²) in [5.74, 6) is -0.0467. The number of nitrogens with zero attached hydrogens (tertiary/aromatic N) is 1. The number of amides is 1. The van der Waals surface area contributed by atoms with Gasteiger partial charge >= 0.3 is 5.97 Å². The average Bonchev–Trinajstić information content (AvgIpc) is 3.04. The lowest BCUT2D eigenvalue weighted by Crippen LogP contribution is -2.19. The largest absolute Gasteiger partial charge is 0.482 e. The van der Waals surface area contributed by atoms with Gasteiger partial charge in [0.1, 0.15) is 5.75 Å². The van der Waals surface area contributed by atoms with E-state index in [1.807, 2.05) is 38.1 Å². The summed E-state index contributed by atoms with van der Waals surface area (Å²) in [6, 6.07) is 11.0. The van der Waals surface area contributed by atoms with Crippen LogP contribution >= 0.6 is 27.7 Å². The topological polar surface area (TPSA) is 77.0 Å². The Balaban J connectivity index is 1.68. The van der Waals surface area contributed by atoms with E-state index in [9.17, 15) is 9.59 Å². The van der Waals surface area contributed by atoms with Gasteiger partial charge < -0.3 is 14.8 Å². The zero-order valence-corrected chi connectivity index (χ0v) is 19.2. The molecule has 0 spiro atoms. The van der Waals surface area contributed by atoms with Crippen molar-refractivity contribution in [2.24, 2.45) is 4.99 Å². The molecular formula is C22H21BrN2O4S. The van der Waals surface area contributed by atoms with Crippen molar-refractivity contribution in [3.8, 4) is 5.75 Å². The fourth-order valence-electron chi connectivity index (χ4n) is 2.74. The number of nitrogens with one attached hydrogen (secondary N) is 1. The molecule has 30 heavy (non-hydrogen) atoms. The van der Waals surface area contributed by atoms with E-state index in [0.717, 1.165) is 26.9 Å². The molecule has 8 heteroatoms. The number of ether oxygens (including phenoxy) is 2. The number of halogens is 1. The van der Waals surface area contributed by atoms with E-state index in [0.29, 0.717) is 22.4 Å². The molecule has 1 N–H and O–H groups in total. The van der Waals surface area contributed by atoms with Crippen LogP contribution in [0.25, 0.3) is 6.08 Å². The molecule has 0 atom stereocenters. The van der Waals surface area contributed by atoms with Crippen LogP contribution in [0, 0.1) is 13.8 Å². The van der Waals surface area contributed by atoms with Crippen LogP contribution in [0.15, 0.2) is 50.8 Å². The van der Waals surface area contributed by atoms with E-state index < -0.39 is 5.97 Å². The van der Waals surface area contributed by atoms with Crippen molar-refractivity contribution < 1.29 is 19.1 Å². The number of aliphatic imine (C=N–C) groups is 1. The summed E-state index contributed by atoms with van der Waals surface area (Å²) in [6.07, 6.45) is 1.79. The standard InChI is InChI=1S/C22H21BrN2O4S/c1-4-28-19(26)12-29-17-7-5-15(6-8-17)11-18-21(27)25-22(30-18)24-16-9-13(2)20(23)14(3)10-16/h5-11H,4,12H2,1-3H3,(H,24,25,27)/b18-11-. The Labute approximate surface area is 187 Å². The Hall–Kier alpha value is -2.58. The maximum atomic E-state index is 12.3. The van der Waals surface area contributed by atoms with Crippen LogP contribution in [-0.2, 0) is 14.3 Å². The summed E-state index contributed by atoms with van der Waals surface area (Å²) in [5.41, 5.74) is 3.81. The van der Waals surface area contributed by atoms with Gasteiger partial charge in [0.05, 0.1) is 17.2 Å². The zero-order chi connectivity index (χ0) is 21.7. The monoisotopic (exact) mass is 488 g/mol. The lowest BCUT2D eigenvalue weighted by Gasteiger charge is -2.05. The van der Waals surface area contributed by atoms with Gasteiger partial charge in [-0.15, -0.1) is 0 Å². The van der Waals surface area contributed by atoms with Gasteiger partial charge in [-0.3, -0.25) is 4.79 Å². The van der Waals surface area contributed by atoms with Crippen LogP contribution in [0.4, 0.5) is 5.69 Å². The second-order valence-corrected chi connectivity index (χ2v) is 8.36. The van der Waals surface area contributed by atoms with Gasteiger partial charge in [-0.05, 0) is 79.6 Å². The van der Waals surface area contributed by atoms with Gasteiger partial charge in [0.2, 0.25) is 0 Å². The number of hydrogen-bond acceptors (Lipinski definition) is 6. The smallest absolute Gasteiger partial charge is 0.344 e. The first-order chi connectivity index (χ1) is 14.4. The van der Waals surface area contributed by atoms with E-state index in [1.54, 1.807) is 25.1 Å². The first kappa shape index (κ1) is 22.1. The van der Waals surface area contributed by atoms with Crippen molar-refractivity contribution in [1.29, 1.82) is 0 Å². The van der Waals surface area contributed by atoms with E-state index in [4.69, 9.17) is 9.47 Å². The minimum Gasteiger partial charge on any atom is -0.482 e. The Morgan fingerprint density at radius 2 is 1.87 bits per heavy atom. The normalized spacial score (nSPS) is 16.1. The van der Waals surface area contributed by atoms with E-state index >= 15 is 0 Å². The molecule has 0 bridgehead atoms. The number of rotatable bonds is 6. The Morgan fingerprint density at radius 3 is 2.50 bits per heavy atom. The molecule has 1 amide bonds. The van der Waals surface area contributed by atoms with Crippen LogP contribution in [0.3, 0.4) is 0 Å². The lowest BCUT2D eigenvalue weighted by atomic mass is 10.1. The highest BCUT2D eigenvalue weighted by molar-refractivity contribution is 9.10. The summed E-state index contributed by atoms with van der Waals surface area (Å²) >= 11 is 4.84. The maximum Gasteiger partial charge on any atom is 0.344 e. The number of aryl methyl sites for hydroxylation is 2. The van der Waals surface area contributed by atoms with Crippen LogP contribution in [0.1, 0.15) is 23.6 Å². The van der Waals surface area contributed by atoms with Gasteiger partial charge in [0, 0.05) is 4.47 Å². The van der Waals surface area contributed by atoms with Crippen LogP contribution in [-0.4, -0.2) is 30.3 Å². The Morgan fingerprint density at radius 1 is 1.20 bits per heavy atom. The van der Waals surface area contributed by atoms with Crippen molar-refractivity contribution in [2.45, 2.75) is 20.8 Å². The number of benzene rings is 2. The molecule has 1 fully saturated rings. The zero-order valence-electron chi connectivity index (χ0n) is 16.8. The van der Waals surface area contributed by atoms with Crippen molar-refractivity contribution in [3.05, 3.63) is 62.5 Å². The predicted octanol–water partition coefficient (Wildman–Crippen LogP) is 4.90. The highest BCUT2D eigenvalue weighted by Gasteiger charge is 2.24. The third kappa shape index (κ3) is 5.73. The number of hydrogen-bond donors (Lipinski definition) is 1. The molecule has 2 aromatic rings. The van der Waals surface area contributed by atoms with Crippen LogP contribution in [0.5, 0.6) is 5.75 Å². The quantitative estimate of drug-likeness (QED) is 0.462. The molecule has 156 valence electrons. The average molecular weight is 489 g/mol. The van der Waals surface area contributed by atoms with E-state index in [-0.39, 0.29) is 12.5 Å². The molecule has 2 aromatic carbocycles. The molecule has 1 saturated heterocycles. The van der Waals surface area contributed by atoms with Crippen molar-refractivity contribution in [1.82, 2.24) is 5.32 Å². The SMILES string of the molecule is CCOC(=O)COc1ccc(/C=C2\SC(=Nc3cc(C)c(Br)c(C)c3)NC2=O)cc1. The number of carbonyl (C=O) groups excluding carboxylic acids is 2. The fourth-order valence-corrected chi connectivity index (χ4v) is 3.81. The van der Waals surface area contributed by atoms with Crippen molar-refractivity contribution in [2.75, 3.05) is 13.2 Å². The second kappa shape index (κ2) is 9.95. The first-order valence-corrected chi connectivity index (χ1v) is 10.9. The summed E-state index contributed by atoms with van der Waals surface area (Å²) in [4.78, 5) is 28.8. The van der Waals surface area contributed by atoms with E-state index in [1.165, 1.54) is 11.8 Å². The summed E-state index contributed by atoms with van der Waals surface area (Å²) < 4.78 is 11.3. The van der Waals surface area contributed by atoms with Crippen LogP contribution in [0.2, 0.25) is 0 Å². The molecule has 0 aromatic heterocycles. The van der Waals surface area contributed by atoms with Gasteiger partial charge in [0.25, 0.3) is 5.91 Å². The molecule has 0 saturated carbocycles. The van der Waals surface area contributed by atoms with E-state index in [2.05, 4.69) is 26.2 Å². The van der Waals surface area contributed by atoms with Gasteiger partial charge in [-0.25, -0.2) is 9.79 Å². The van der Waals surface area contributed by atoms with Crippen LogP contribution < -0.4 is 10.1 Å². The first-order valence-electron chi connectivity index (χ1n) is 9.30. The molecule has 1 heterocycles. The Kier molecular flexibility index (Phi) is 7.33. The minimum atomic E-state index is -0.411. The molecular weight excluding hydrogens is 468 g/mol. The predicted molar refractivity (Wildman–Crippen MR) is 123 cm³/mol.